The van der Waals surface area contributed by atoms with Gasteiger partial charge in [0.25, 0.3) is 10.0 Å². The van der Waals surface area contributed by atoms with E-state index in [-0.39, 0.29) is 17.1 Å². The zero-order valence-electron chi connectivity index (χ0n) is 12.2. The van der Waals surface area contributed by atoms with E-state index in [0.717, 1.165) is 0 Å². The van der Waals surface area contributed by atoms with Gasteiger partial charge in [-0.3, -0.25) is 0 Å². The molecule has 0 aliphatic rings. The highest BCUT2D eigenvalue weighted by molar-refractivity contribution is 7.89. The topological polar surface area (TPSA) is 64.4 Å². The van der Waals surface area contributed by atoms with Gasteiger partial charge in [-0.1, -0.05) is 6.92 Å². The summed E-state index contributed by atoms with van der Waals surface area (Å²) in [6.07, 6.45) is 3.12. The molecule has 6 nitrogen and oxygen atoms in total. The molecule has 0 unspecified atom stereocenters. The quantitative estimate of drug-likeness (QED) is 0.763. The van der Waals surface area contributed by atoms with E-state index in [4.69, 9.17) is 4.74 Å². The fraction of sp³-hybridized carbons (Fsp3) is 0.750. The maximum absolute atomic E-state index is 12.5. The average molecular weight is 289 g/mol. The van der Waals surface area contributed by atoms with Crippen LogP contribution in [-0.2, 0) is 14.8 Å². The van der Waals surface area contributed by atoms with Crippen molar-refractivity contribution in [3.8, 4) is 0 Å². The zero-order chi connectivity index (χ0) is 14.6. The lowest BCUT2D eigenvalue weighted by Crippen LogP contribution is -2.41. The number of methoxy groups -OCH3 is 1. The second kappa shape index (κ2) is 6.49. The number of imidazole rings is 1. The Balaban J connectivity index is 3.06. The van der Waals surface area contributed by atoms with E-state index in [1.165, 1.54) is 4.31 Å². The number of hydrogen-bond acceptors (Lipinski definition) is 4. The minimum absolute atomic E-state index is 0.0889. The van der Waals surface area contributed by atoms with Gasteiger partial charge in [0.2, 0.25) is 0 Å². The van der Waals surface area contributed by atoms with Crippen LogP contribution >= 0.6 is 0 Å². The summed E-state index contributed by atoms with van der Waals surface area (Å²) in [6, 6.07) is -0.0351. The normalized spacial score (nSPS) is 14.3. The van der Waals surface area contributed by atoms with Gasteiger partial charge in [-0.15, -0.1) is 0 Å². The molecule has 1 atom stereocenters. The Bertz CT molecular complexity index is 496. The van der Waals surface area contributed by atoms with Crippen molar-refractivity contribution >= 4 is 10.0 Å². The van der Waals surface area contributed by atoms with Gasteiger partial charge >= 0.3 is 0 Å². The number of aromatic nitrogens is 2. The van der Waals surface area contributed by atoms with E-state index in [0.29, 0.717) is 13.2 Å². The van der Waals surface area contributed by atoms with Gasteiger partial charge in [-0.05, 0) is 20.8 Å². The van der Waals surface area contributed by atoms with Crippen molar-refractivity contribution in [2.45, 2.75) is 44.8 Å². The van der Waals surface area contributed by atoms with Crippen LogP contribution in [0.1, 0.15) is 33.7 Å². The first-order valence-electron chi connectivity index (χ1n) is 6.38. The number of rotatable bonds is 7. The monoisotopic (exact) mass is 289 g/mol. The first kappa shape index (κ1) is 16.1. The molecule has 1 aromatic heterocycles. The smallest absolute Gasteiger partial charge is 0.262 e. The van der Waals surface area contributed by atoms with Crippen LogP contribution in [0.5, 0.6) is 0 Å². The third-order valence-electron chi connectivity index (χ3n) is 2.96. The molecule has 0 aliphatic carbocycles. The molecule has 1 rings (SSSR count). The first-order chi connectivity index (χ1) is 8.84. The van der Waals surface area contributed by atoms with Gasteiger partial charge in [0.05, 0.1) is 12.9 Å². The van der Waals surface area contributed by atoms with Crippen molar-refractivity contribution < 1.29 is 13.2 Å². The Labute approximate surface area is 115 Å². The Kier molecular flexibility index (Phi) is 5.51. The van der Waals surface area contributed by atoms with E-state index in [9.17, 15) is 8.42 Å². The summed E-state index contributed by atoms with van der Waals surface area (Å²) in [5, 5.41) is 0.0889. The van der Waals surface area contributed by atoms with Crippen molar-refractivity contribution in [3.63, 3.8) is 0 Å². The lowest BCUT2D eigenvalue weighted by molar-refractivity contribution is 0.142. The van der Waals surface area contributed by atoms with Gasteiger partial charge in [-0.25, -0.2) is 13.4 Å². The van der Waals surface area contributed by atoms with Crippen LogP contribution in [0.4, 0.5) is 0 Å². The van der Waals surface area contributed by atoms with Crippen molar-refractivity contribution in [3.05, 3.63) is 12.5 Å². The van der Waals surface area contributed by atoms with Crippen LogP contribution in [0, 0.1) is 0 Å². The van der Waals surface area contributed by atoms with E-state index < -0.39 is 10.0 Å². The van der Waals surface area contributed by atoms with Crippen molar-refractivity contribution in [2.75, 3.05) is 20.3 Å². The van der Waals surface area contributed by atoms with Crippen LogP contribution in [0.3, 0.4) is 0 Å². The average Bonchev–Trinajstić information content (AvgIpc) is 2.79. The predicted molar refractivity (Wildman–Crippen MR) is 73.5 cm³/mol. The first-order valence-corrected chi connectivity index (χ1v) is 7.82. The minimum Gasteiger partial charge on any atom is -0.383 e. The van der Waals surface area contributed by atoms with E-state index in [1.807, 2.05) is 27.7 Å². The van der Waals surface area contributed by atoms with Crippen LogP contribution < -0.4 is 0 Å². The third kappa shape index (κ3) is 3.55. The van der Waals surface area contributed by atoms with Crippen molar-refractivity contribution in [1.29, 1.82) is 0 Å². The van der Waals surface area contributed by atoms with Crippen molar-refractivity contribution in [2.24, 2.45) is 0 Å². The lowest BCUT2D eigenvalue weighted by atomic mass is 10.4. The molecule has 7 heteroatoms. The molecule has 0 aromatic carbocycles. The Morgan fingerprint density at radius 3 is 2.47 bits per heavy atom. The van der Waals surface area contributed by atoms with E-state index in [1.54, 1.807) is 24.2 Å². The molecule has 0 saturated heterocycles. The van der Waals surface area contributed by atoms with Gasteiger partial charge in [-0.2, -0.15) is 4.31 Å². The largest absolute Gasteiger partial charge is 0.383 e. The minimum atomic E-state index is -3.56. The molecular weight excluding hydrogens is 266 g/mol. The summed E-state index contributed by atoms with van der Waals surface area (Å²) in [4.78, 5) is 4.01. The van der Waals surface area contributed by atoms with Crippen LogP contribution in [0.2, 0.25) is 0 Å². The molecule has 110 valence electrons. The second-order valence-electron chi connectivity index (χ2n) is 4.77. The Hall–Kier alpha value is -0.920. The van der Waals surface area contributed by atoms with Gasteiger partial charge in [0.1, 0.15) is 0 Å². The summed E-state index contributed by atoms with van der Waals surface area (Å²) >= 11 is 0. The molecule has 19 heavy (non-hydrogen) atoms. The number of ether oxygens (including phenoxy) is 1. The molecular formula is C12H23N3O3S. The summed E-state index contributed by atoms with van der Waals surface area (Å²) in [5.74, 6) is 0. The number of hydrogen-bond donors (Lipinski definition) is 0. The number of sulfonamides is 1. The molecule has 0 amide bonds. The molecule has 0 fully saturated rings. The van der Waals surface area contributed by atoms with Gasteiger partial charge in [0.15, 0.2) is 5.03 Å². The third-order valence-corrected chi connectivity index (χ3v) is 4.93. The highest BCUT2D eigenvalue weighted by atomic mass is 32.2. The Morgan fingerprint density at radius 2 is 2.05 bits per heavy atom. The highest BCUT2D eigenvalue weighted by Gasteiger charge is 2.29. The molecule has 0 saturated carbocycles. The SMILES string of the molecule is CCN([C@@H](C)COC)S(=O)(=O)c1cn(C(C)C)cn1. The van der Waals surface area contributed by atoms with Gasteiger partial charge < -0.3 is 9.30 Å². The molecule has 0 aliphatic heterocycles. The van der Waals surface area contributed by atoms with Crippen LogP contribution in [0.15, 0.2) is 17.6 Å². The Morgan fingerprint density at radius 1 is 1.42 bits per heavy atom. The maximum atomic E-state index is 12.5. The summed E-state index contributed by atoms with van der Waals surface area (Å²) in [6.45, 7) is 8.33. The number of nitrogens with zero attached hydrogens (tertiary/aromatic N) is 3. The standard InChI is InChI=1S/C12H23N3O3S/c1-6-15(11(4)8-18-5)19(16,17)12-7-14(9-13-12)10(2)3/h7,9-11H,6,8H2,1-5H3/t11-/m0/s1. The van der Waals surface area contributed by atoms with Crippen molar-refractivity contribution in [1.82, 2.24) is 13.9 Å². The second-order valence-corrected chi connectivity index (χ2v) is 6.60. The molecule has 0 bridgehead atoms. The fourth-order valence-electron chi connectivity index (χ4n) is 1.90. The van der Waals surface area contributed by atoms with E-state index >= 15 is 0 Å². The zero-order valence-corrected chi connectivity index (χ0v) is 13.0. The van der Waals surface area contributed by atoms with Gasteiger partial charge in [0, 0.05) is 31.9 Å². The molecule has 0 N–H and O–H groups in total. The molecule has 1 heterocycles. The maximum Gasteiger partial charge on any atom is 0.262 e. The predicted octanol–water partition coefficient (Wildman–Crippen LogP) is 1.51. The summed E-state index contributed by atoms with van der Waals surface area (Å²) < 4.78 is 33.2. The van der Waals surface area contributed by atoms with Crippen LogP contribution in [0.25, 0.3) is 0 Å². The molecule has 0 spiro atoms. The summed E-state index contributed by atoms with van der Waals surface area (Å²) in [5.41, 5.74) is 0. The van der Waals surface area contributed by atoms with E-state index in [2.05, 4.69) is 4.98 Å². The summed E-state index contributed by atoms with van der Waals surface area (Å²) in [7, 11) is -2.00. The highest BCUT2D eigenvalue weighted by Crippen LogP contribution is 2.18. The lowest BCUT2D eigenvalue weighted by Gasteiger charge is -2.25. The fourth-order valence-corrected chi connectivity index (χ4v) is 3.45. The van der Waals surface area contributed by atoms with Crippen LogP contribution in [-0.4, -0.2) is 48.6 Å². The number of likely N-dealkylation sites (N-methyl/N-ethyl adjacent to an activating group) is 1. The molecule has 0 radical (unpaired) electrons. The molecule has 1 aromatic rings.